The zero-order valence-electron chi connectivity index (χ0n) is 7.70. The van der Waals surface area contributed by atoms with Gasteiger partial charge in [-0.3, -0.25) is 0 Å². The van der Waals surface area contributed by atoms with Crippen LogP contribution in [0.2, 0.25) is 0 Å². The van der Waals surface area contributed by atoms with Gasteiger partial charge in [-0.1, -0.05) is 22.0 Å². The zero-order valence-corrected chi connectivity index (χ0v) is 9.29. The fraction of sp³-hybridized carbons (Fsp3) is 0.400. The molecule has 1 fully saturated rings. The summed E-state index contributed by atoms with van der Waals surface area (Å²) in [6, 6.07) is 5.60. The van der Waals surface area contributed by atoms with Crippen LogP contribution in [0.25, 0.3) is 0 Å². The van der Waals surface area contributed by atoms with Gasteiger partial charge in [-0.25, -0.2) is 0 Å². The standard InChI is InChI=1S/C10H9B2BrO/c11-10(12,14)9-4-3-7(13)5-8(9)6-1-2-6/h3-6,14H,1-2H2. The van der Waals surface area contributed by atoms with Gasteiger partial charge >= 0.3 is 0 Å². The highest BCUT2D eigenvalue weighted by Gasteiger charge is 2.29. The van der Waals surface area contributed by atoms with Crippen LogP contribution in [0.4, 0.5) is 0 Å². The predicted octanol–water partition coefficient (Wildman–Crippen LogP) is 1.77. The number of aliphatic hydroxyl groups is 1. The van der Waals surface area contributed by atoms with Crippen molar-refractivity contribution in [3.05, 3.63) is 33.8 Å². The van der Waals surface area contributed by atoms with Crippen LogP contribution < -0.4 is 0 Å². The van der Waals surface area contributed by atoms with Gasteiger partial charge in [0.1, 0.15) is 15.7 Å². The third-order valence-corrected chi connectivity index (χ3v) is 2.96. The van der Waals surface area contributed by atoms with Crippen molar-refractivity contribution < 1.29 is 5.11 Å². The van der Waals surface area contributed by atoms with Crippen LogP contribution in [0.3, 0.4) is 0 Å². The van der Waals surface area contributed by atoms with Crippen LogP contribution in [0.5, 0.6) is 0 Å². The quantitative estimate of drug-likeness (QED) is 0.789. The average Bonchev–Trinajstić information content (AvgIpc) is 2.83. The van der Waals surface area contributed by atoms with Crippen molar-refractivity contribution >= 4 is 31.6 Å². The Morgan fingerprint density at radius 1 is 1.36 bits per heavy atom. The van der Waals surface area contributed by atoms with E-state index >= 15 is 0 Å². The third-order valence-electron chi connectivity index (χ3n) is 2.46. The molecule has 14 heavy (non-hydrogen) atoms. The van der Waals surface area contributed by atoms with E-state index in [-0.39, 0.29) is 0 Å². The lowest BCUT2D eigenvalue weighted by Crippen LogP contribution is -2.27. The summed E-state index contributed by atoms with van der Waals surface area (Å²) in [4.78, 5) is 0. The molecule has 0 bridgehead atoms. The molecular weight excluding hydrogens is 238 g/mol. The number of hydrogen-bond donors (Lipinski definition) is 1. The highest BCUT2D eigenvalue weighted by atomic mass is 79.9. The minimum absolute atomic E-state index is 0.515. The van der Waals surface area contributed by atoms with E-state index in [4.69, 9.17) is 15.7 Å². The van der Waals surface area contributed by atoms with E-state index in [1.807, 2.05) is 12.1 Å². The SMILES string of the molecule is [B]C([B])(O)c1ccc(Br)cc1C1CC1. The Bertz CT molecular complexity index is 356. The molecule has 0 atom stereocenters. The molecule has 2 rings (SSSR count). The van der Waals surface area contributed by atoms with Crippen molar-refractivity contribution in [2.24, 2.45) is 0 Å². The minimum Gasteiger partial charge on any atom is -0.405 e. The van der Waals surface area contributed by atoms with Crippen LogP contribution in [0, 0.1) is 0 Å². The second kappa shape index (κ2) is 3.42. The van der Waals surface area contributed by atoms with Gasteiger partial charge in [0.25, 0.3) is 0 Å². The summed E-state index contributed by atoms with van der Waals surface area (Å²) < 4.78 is 0.993. The second-order valence-corrected chi connectivity index (χ2v) is 4.75. The van der Waals surface area contributed by atoms with E-state index in [0.29, 0.717) is 11.5 Å². The van der Waals surface area contributed by atoms with Crippen molar-refractivity contribution in [3.8, 4) is 0 Å². The maximum atomic E-state index is 9.58. The van der Waals surface area contributed by atoms with E-state index in [1.165, 1.54) is 0 Å². The summed E-state index contributed by atoms with van der Waals surface area (Å²) in [5.74, 6) is 0.515. The van der Waals surface area contributed by atoms with Crippen molar-refractivity contribution in [3.63, 3.8) is 0 Å². The smallest absolute Gasteiger partial charge is 0.105 e. The third kappa shape index (κ3) is 2.06. The normalized spacial score (nSPS) is 17.0. The van der Waals surface area contributed by atoms with Crippen LogP contribution >= 0.6 is 15.9 Å². The molecule has 1 saturated carbocycles. The molecule has 68 valence electrons. The Balaban J connectivity index is 2.47. The fourth-order valence-electron chi connectivity index (χ4n) is 1.63. The summed E-state index contributed by atoms with van der Waals surface area (Å²) in [5.41, 5.74) is 1.69. The first-order chi connectivity index (χ1) is 6.48. The molecule has 0 aliphatic heterocycles. The monoisotopic (exact) mass is 246 g/mol. The molecule has 0 unspecified atom stereocenters. The molecule has 0 spiro atoms. The summed E-state index contributed by atoms with van der Waals surface area (Å²) in [5, 5.41) is 7.85. The molecule has 4 heteroatoms. The van der Waals surface area contributed by atoms with Gasteiger partial charge < -0.3 is 5.11 Å². The van der Waals surface area contributed by atoms with Crippen molar-refractivity contribution in [1.29, 1.82) is 0 Å². The molecule has 1 aliphatic rings. The van der Waals surface area contributed by atoms with Gasteiger partial charge in [0.2, 0.25) is 0 Å². The Hall–Kier alpha value is -0.210. The van der Waals surface area contributed by atoms with Crippen LogP contribution in [-0.4, -0.2) is 20.8 Å². The van der Waals surface area contributed by atoms with Gasteiger partial charge in [-0.15, -0.1) is 0 Å². The summed E-state index contributed by atoms with van der Waals surface area (Å²) >= 11 is 3.40. The molecule has 1 nitrogen and oxygen atoms in total. The second-order valence-electron chi connectivity index (χ2n) is 3.83. The number of hydrogen-bond acceptors (Lipinski definition) is 1. The zero-order chi connectivity index (χ0) is 10.3. The first-order valence-electron chi connectivity index (χ1n) is 4.58. The van der Waals surface area contributed by atoms with Gasteiger partial charge in [-0.2, -0.15) is 0 Å². The van der Waals surface area contributed by atoms with Crippen LogP contribution in [0.1, 0.15) is 29.9 Å². The Kier molecular flexibility index (Phi) is 2.52. The summed E-state index contributed by atoms with van der Waals surface area (Å²) in [6.45, 7) is 0. The number of benzene rings is 1. The molecule has 0 saturated heterocycles. The summed E-state index contributed by atoms with van der Waals surface area (Å²) in [7, 11) is 11.0. The molecule has 1 aromatic carbocycles. The molecule has 0 aromatic heterocycles. The number of rotatable bonds is 2. The van der Waals surface area contributed by atoms with E-state index in [0.717, 1.165) is 22.9 Å². The average molecular weight is 247 g/mol. The lowest BCUT2D eigenvalue weighted by molar-refractivity contribution is 0.215. The molecular formula is C10H9B2BrO. The lowest BCUT2D eigenvalue weighted by Gasteiger charge is -2.23. The van der Waals surface area contributed by atoms with E-state index < -0.39 is 5.40 Å². The highest BCUT2D eigenvalue weighted by Crippen LogP contribution is 2.44. The fourth-order valence-corrected chi connectivity index (χ4v) is 2.01. The van der Waals surface area contributed by atoms with Gasteiger partial charge in [0.15, 0.2) is 0 Å². The topological polar surface area (TPSA) is 20.2 Å². The van der Waals surface area contributed by atoms with Crippen LogP contribution in [0.15, 0.2) is 22.7 Å². The molecule has 0 amide bonds. The number of halogens is 1. The maximum Gasteiger partial charge on any atom is 0.105 e. The predicted molar refractivity (Wildman–Crippen MR) is 61.5 cm³/mol. The van der Waals surface area contributed by atoms with Crippen molar-refractivity contribution in [2.75, 3.05) is 0 Å². The van der Waals surface area contributed by atoms with Gasteiger partial charge in [0, 0.05) is 9.87 Å². The molecule has 1 N–H and O–H groups in total. The Morgan fingerprint density at radius 2 is 2.00 bits per heavy atom. The molecule has 1 aromatic rings. The summed E-state index contributed by atoms with van der Waals surface area (Å²) in [6.07, 6.45) is 2.30. The first kappa shape index (κ1) is 10.3. The van der Waals surface area contributed by atoms with Crippen molar-refractivity contribution in [2.45, 2.75) is 24.2 Å². The molecule has 1 aliphatic carbocycles. The Morgan fingerprint density at radius 3 is 2.50 bits per heavy atom. The van der Waals surface area contributed by atoms with E-state index in [9.17, 15) is 5.11 Å². The van der Waals surface area contributed by atoms with E-state index in [2.05, 4.69) is 15.9 Å². The molecule has 4 radical (unpaired) electrons. The lowest BCUT2D eigenvalue weighted by atomic mass is 9.60. The van der Waals surface area contributed by atoms with Gasteiger partial charge in [-0.05, 0) is 42.0 Å². The van der Waals surface area contributed by atoms with Gasteiger partial charge in [0.05, 0.1) is 0 Å². The maximum absolute atomic E-state index is 9.58. The first-order valence-corrected chi connectivity index (χ1v) is 5.38. The van der Waals surface area contributed by atoms with Crippen molar-refractivity contribution in [1.82, 2.24) is 0 Å². The highest BCUT2D eigenvalue weighted by molar-refractivity contribution is 9.10. The van der Waals surface area contributed by atoms with Crippen LogP contribution in [-0.2, 0) is 5.40 Å². The molecule has 0 heterocycles. The Labute approximate surface area is 94.9 Å². The van der Waals surface area contributed by atoms with E-state index in [1.54, 1.807) is 6.07 Å². The minimum atomic E-state index is -1.72. The largest absolute Gasteiger partial charge is 0.405 e.